The number of hydrazine groups is 1. The van der Waals surface area contributed by atoms with E-state index in [0.717, 1.165) is 37.2 Å². The molecule has 0 bridgehead atoms. The summed E-state index contributed by atoms with van der Waals surface area (Å²) >= 11 is 0. The Hall–Kier alpha value is -1.40. The minimum Gasteiger partial charge on any atom is -0.376 e. The lowest BCUT2D eigenvalue weighted by Crippen LogP contribution is -2.45. The molecule has 1 heterocycles. The summed E-state index contributed by atoms with van der Waals surface area (Å²) in [6, 6.07) is 0. The van der Waals surface area contributed by atoms with Crippen molar-refractivity contribution in [3.8, 4) is 0 Å². The summed E-state index contributed by atoms with van der Waals surface area (Å²) in [7, 11) is 1.77. The number of rotatable bonds is 6. The molecule has 0 spiro atoms. The number of nitrogens with zero attached hydrogens (tertiary/aromatic N) is 2. The van der Waals surface area contributed by atoms with Gasteiger partial charge in [0.05, 0.1) is 5.60 Å². The first-order valence-electron chi connectivity index (χ1n) is 6.34. The highest BCUT2D eigenvalue weighted by Gasteiger charge is 2.36. The van der Waals surface area contributed by atoms with Gasteiger partial charge in [0.1, 0.15) is 18.0 Å². The maximum Gasteiger partial charge on any atom is 0.148 e. The van der Waals surface area contributed by atoms with Crippen LogP contribution >= 0.6 is 0 Å². The van der Waals surface area contributed by atoms with Crippen molar-refractivity contribution in [2.75, 3.05) is 24.4 Å². The van der Waals surface area contributed by atoms with Crippen LogP contribution in [0.5, 0.6) is 0 Å². The largest absolute Gasteiger partial charge is 0.376 e. The number of nitrogen functional groups attached to an aromatic ring is 1. The van der Waals surface area contributed by atoms with Crippen molar-refractivity contribution in [1.29, 1.82) is 0 Å². The molecule has 1 aliphatic carbocycles. The SMILES string of the molecule is CCc1c(NN)ncnc1NCC1(OC)CCC1. The van der Waals surface area contributed by atoms with E-state index in [1.54, 1.807) is 7.11 Å². The normalized spacial score (nSPS) is 17.1. The molecule has 1 aromatic rings. The molecule has 0 aliphatic heterocycles. The number of ether oxygens (including phenoxy) is 1. The van der Waals surface area contributed by atoms with Crippen molar-refractivity contribution in [2.45, 2.75) is 38.2 Å². The Labute approximate surface area is 107 Å². The third-order valence-corrected chi connectivity index (χ3v) is 3.71. The molecular weight excluding hydrogens is 230 g/mol. The van der Waals surface area contributed by atoms with E-state index in [9.17, 15) is 0 Å². The van der Waals surface area contributed by atoms with Crippen LogP contribution in [-0.4, -0.2) is 29.2 Å². The quantitative estimate of drug-likeness (QED) is 0.522. The van der Waals surface area contributed by atoms with Crippen LogP contribution in [0.3, 0.4) is 0 Å². The van der Waals surface area contributed by atoms with Gasteiger partial charge in [0.15, 0.2) is 0 Å². The molecule has 6 heteroatoms. The average molecular weight is 251 g/mol. The van der Waals surface area contributed by atoms with E-state index in [-0.39, 0.29) is 5.60 Å². The van der Waals surface area contributed by atoms with E-state index < -0.39 is 0 Å². The maximum atomic E-state index is 5.58. The molecule has 18 heavy (non-hydrogen) atoms. The molecule has 0 unspecified atom stereocenters. The molecule has 0 atom stereocenters. The first-order valence-corrected chi connectivity index (χ1v) is 6.34. The molecule has 4 N–H and O–H groups in total. The number of methoxy groups -OCH3 is 1. The van der Waals surface area contributed by atoms with Gasteiger partial charge in [-0.3, -0.25) is 0 Å². The lowest BCUT2D eigenvalue weighted by atomic mass is 9.80. The molecule has 1 fully saturated rings. The molecule has 1 saturated carbocycles. The van der Waals surface area contributed by atoms with Crippen LogP contribution in [0.15, 0.2) is 6.33 Å². The fourth-order valence-electron chi connectivity index (χ4n) is 2.29. The summed E-state index contributed by atoms with van der Waals surface area (Å²) in [6.45, 7) is 2.83. The van der Waals surface area contributed by atoms with E-state index >= 15 is 0 Å². The fourth-order valence-corrected chi connectivity index (χ4v) is 2.29. The summed E-state index contributed by atoms with van der Waals surface area (Å²) in [5.74, 6) is 6.96. The van der Waals surface area contributed by atoms with Crippen LogP contribution in [-0.2, 0) is 11.2 Å². The third-order valence-electron chi connectivity index (χ3n) is 3.71. The number of anilines is 2. The van der Waals surface area contributed by atoms with Gasteiger partial charge in [-0.1, -0.05) is 6.92 Å². The number of nitrogens with two attached hydrogens (primary N) is 1. The summed E-state index contributed by atoms with van der Waals surface area (Å²) in [5, 5.41) is 3.36. The number of hydrogen-bond donors (Lipinski definition) is 3. The van der Waals surface area contributed by atoms with E-state index in [0.29, 0.717) is 5.82 Å². The topological polar surface area (TPSA) is 85.1 Å². The van der Waals surface area contributed by atoms with Crippen LogP contribution in [0, 0.1) is 0 Å². The third kappa shape index (κ3) is 2.39. The molecule has 100 valence electrons. The van der Waals surface area contributed by atoms with Crippen LogP contribution in [0.1, 0.15) is 31.7 Å². The molecule has 1 aliphatic rings. The Balaban J connectivity index is 2.09. The van der Waals surface area contributed by atoms with Gasteiger partial charge < -0.3 is 15.5 Å². The molecular formula is C12H21N5O. The molecule has 0 amide bonds. The van der Waals surface area contributed by atoms with Crippen molar-refractivity contribution in [2.24, 2.45) is 5.84 Å². The maximum absolute atomic E-state index is 5.58. The smallest absolute Gasteiger partial charge is 0.148 e. The Morgan fingerprint density at radius 3 is 2.61 bits per heavy atom. The second-order valence-electron chi connectivity index (χ2n) is 4.64. The van der Waals surface area contributed by atoms with Gasteiger partial charge in [0, 0.05) is 19.2 Å². The monoisotopic (exact) mass is 251 g/mol. The average Bonchev–Trinajstić information content (AvgIpc) is 2.37. The summed E-state index contributed by atoms with van der Waals surface area (Å²) < 4.78 is 5.58. The Morgan fingerprint density at radius 2 is 2.11 bits per heavy atom. The highest BCUT2D eigenvalue weighted by molar-refractivity contribution is 5.56. The number of hydrogen-bond acceptors (Lipinski definition) is 6. The van der Waals surface area contributed by atoms with Crippen LogP contribution in [0.2, 0.25) is 0 Å². The minimum absolute atomic E-state index is 0.0216. The van der Waals surface area contributed by atoms with Gasteiger partial charge >= 0.3 is 0 Å². The summed E-state index contributed by atoms with van der Waals surface area (Å²) in [5.41, 5.74) is 3.59. The first kappa shape index (κ1) is 13.0. The van der Waals surface area contributed by atoms with Gasteiger partial charge in [0.25, 0.3) is 0 Å². The van der Waals surface area contributed by atoms with E-state index in [2.05, 4.69) is 27.6 Å². The van der Waals surface area contributed by atoms with E-state index in [1.165, 1.54) is 12.7 Å². The van der Waals surface area contributed by atoms with E-state index in [1.807, 2.05) is 0 Å². The molecule has 6 nitrogen and oxygen atoms in total. The summed E-state index contributed by atoms with van der Waals surface area (Å²) in [6.07, 6.45) is 5.77. The zero-order chi connectivity index (χ0) is 13.0. The van der Waals surface area contributed by atoms with Gasteiger partial charge in [-0.2, -0.15) is 0 Å². The minimum atomic E-state index is -0.0216. The van der Waals surface area contributed by atoms with Crippen LogP contribution in [0.25, 0.3) is 0 Å². The predicted molar refractivity (Wildman–Crippen MR) is 71.3 cm³/mol. The van der Waals surface area contributed by atoms with Gasteiger partial charge in [-0.25, -0.2) is 15.8 Å². The zero-order valence-electron chi connectivity index (χ0n) is 11.0. The Kier molecular flexibility index (Phi) is 3.98. The van der Waals surface area contributed by atoms with Crippen molar-refractivity contribution in [1.82, 2.24) is 9.97 Å². The van der Waals surface area contributed by atoms with Crippen LogP contribution < -0.4 is 16.6 Å². The van der Waals surface area contributed by atoms with Gasteiger partial charge in [0.2, 0.25) is 0 Å². The lowest BCUT2D eigenvalue weighted by molar-refractivity contribution is -0.0601. The lowest BCUT2D eigenvalue weighted by Gasteiger charge is -2.40. The fraction of sp³-hybridized carbons (Fsp3) is 0.667. The van der Waals surface area contributed by atoms with E-state index in [4.69, 9.17) is 10.6 Å². The van der Waals surface area contributed by atoms with Gasteiger partial charge in [-0.05, 0) is 25.7 Å². The first-order chi connectivity index (χ1) is 8.74. The number of nitrogens with one attached hydrogen (secondary N) is 2. The molecule has 0 radical (unpaired) electrons. The second-order valence-corrected chi connectivity index (χ2v) is 4.64. The second kappa shape index (κ2) is 5.49. The molecule has 0 saturated heterocycles. The van der Waals surface area contributed by atoms with Gasteiger partial charge in [-0.15, -0.1) is 0 Å². The zero-order valence-corrected chi connectivity index (χ0v) is 11.0. The van der Waals surface area contributed by atoms with Crippen molar-refractivity contribution in [3.63, 3.8) is 0 Å². The molecule has 1 aromatic heterocycles. The van der Waals surface area contributed by atoms with Crippen molar-refractivity contribution in [3.05, 3.63) is 11.9 Å². The Bertz CT molecular complexity index is 400. The molecule has 0 aromatic carbocycles. The predicted octanol–water partition coefficient (Wildman–Crippen LogP) is 1.31. The highest BCUT2D eigenvalue weighted by Crippen LogP contribution is 2.35. The molecule has 2 rings (SSSR count). The summed E-state index contributed by atoms with van der Waals surface area (Å²) in [4.78, 5) is 8.39. The van der Waals surface area contributed by atoms with Crippen LogP contribution in [0.4, 0.5) is 11.6 Å². The van der Waals surface area contributed by atoms with Crippen molar-refractivity contribution < 1.29 is 4.74 Å². The van der Waals surface area contributed by atoms with Crippen molar-refractivity contribution >= 4 is 11.6 Å². The Morgan fingerprint density at radius 1 is 1.39 bits per heavy atom. The highest BCUT2D eigenvalue weighted by atomic mass is 16.5. The standard InChI is InChI=1S/C12H21N5O/c1-3-9-10(15-8-16-11(9)17-13)14-7-12(18-2)5-4-6-12/h8H,3-7,13H2,1-2H3,(H2,14,15,16,17). The number of aromatic nitrogens is 2.